The summed E-state index contributed by atoms with van der Waals surface area (Å²) >= 11 is 1.69. The van der Waals surface area contributed by atoms with Crippen molar-refractivity contribution < 1.29 is 28.9 Å². The zero-order valence-electron chi connectivity index (χ0n) is 24.0. The van der Waals surface area contributed by atoms with Gasteiger partial charge in [-0.1, -0.05) is 54.6 Å². The van der Waals surface area contributed by atoms with Crippen molar-refractivity contribution in [2.45, 2.75) is 75.5 Å². The highest BCUT2D eigenvalue weighted by molar-refractivity contribution is 8.00. The molecule has 222 valence electrons. The fourth-order valence-corrected chi connectivity index (χ4v) is 7.13. The molecular formula is C31H41N3O6S. The van der Waals surface area contributed by atoms with Crippen LogP contribution in [-0.2, 0) is 32.0 Å². The first-order chi connectivity index (χ1) is 19.7. The minimum Gasteiger partial charge on any atom is -0.443 e. The van der Waals surface area contributed by atoms with Crippen LogP contribution >= 0.6 is 11.8 Å². The number of thioether (sulfide) groups is 1. The van der Waals surface area contributed by atoms with E-state index < -0.39 is 24.3 Å². The van der Waals surface area contributed by atoms with Crippen molar-refractivity contribution in [1.29, 1.82) is 0 Å². The van der Waals surface area contributed by atoms with E-state index in [1.165, 1.54) is 0 Å². The number of alkyl carbamates (subject to hydrolysis) is 1. The third-order valence-electron chi connectivity index (χ3n) is 8.32. The second kappa shape index (κ2) is 13.1. The van der Waals surface area contributed by atoms with Gasteiger partial charge in [0, 0.05) is 23.7 Å². The summed E-state index contributed by atoms with van der Waals surface area (Å²) in [6, 6.07) is 16.7. The Labute approximate surface area is 246 Å². The van der Waals surface area contributed by atoms with Gasteiger partial charge in [-0.2, -0.15) is 0 Å². The van der Waals surface area contributed by atoms with Gasteiger partial charge in [0.25, 0.3) is 0 Å². The van der Waals surface area contributed by atoms with Crippen LogP contribution in [0.2, 0.25) is 0 Å². The quantitative estimate of drug-likeness (QED) is 0.391. The Bertz CT molecular complexity index is 1200. The van der Waals surface area contributed by atoms with E-state index >= 15 is 0 Å². The maximum atomic E-state index is 13.5. The van der Waals surface area contributed by atoms with E-state index in [1.807, 2.05) is 66.4 Å². The van der Waals surface area contributed by atoms with E-state index in [0.717, 1.165) is 23.1 Å². The highest BCUT2D eigenvalue weighted by atomic mass is 32.2. The Morgan fingerprint density at radius 1 is 1.15 bits per heavy atom. The second-order valence-corrected chi connectivity index (χ2v) is 13.3. The number of amides is 2. The normalized spacial score (nSPS) is 26.7. The van der Waals surface area contributed by atoms with Crippen molar-refractivity contribution in [2.24, 2.45) is 5.92 Å². The lowest BCUT2D eigenvalue weighted by molar-refractivity contribution is -0.127. The van der Waals surface area contributed by atoms with Crippen LogP contribution in [0, 0.1) is 12.8 Å². The Balaban J connectivity index is 1.25. The number of hydrogen-bond acceptors (Lipinski definition) is 8. The first-order valence-corrected chi connectivity index (χ1v) is 15.3. The van der Waals surface area contributed by atoms with Gasteiger partial charge in [-0.05, 0) is 50.3 Å². The summed E-state index contributed by atoms with van der Waals surface area (Å²) in [5, 5.41) is 17.5. The molecule has 5 rings (SSSR count). The molecule has 3 heterocycles. The fourth-order valence-electron chi connectivity index (χ4n) is 5.96. The number of aliphatic hydroxyl groups excluding tert-OH is 1. The van der Waals surface area contributed by atoms with Crippen LogP contribution in [-0.4, -0.2) is 83.0 Å². The maximum Gasteiger partial charge on any atom is 0.407 e. The number of aliphatic hydroxyl groups is 1. The van der Waals surface area contributed by atoms with Crippen LogP contribution in [0.3, 0.4) is 0 Å². The van der Waals surface area contributed by atoms with Crippen molar-refractivity contribution in [3.8, 4) is 0 Å². The minimum atomic E-state index is -0.939. The molecular weight excluding hydrogens is 542 g/mol. The lowest BCUT2D eigenvalue weighted by atomic mass is 9.97. The molecule has 3 N–H and O–H groups in total. The van der Waals surface area contributed by atoms with Crippen LogP contribution < -0.4 is 10.6 Å². The number of fused-ring (bicyclic) bond motifs is 1. The molecule has 3 saturated heterocycles. The topological polar surface area (TPSA) is 109 Å². The smallest absolute Gasteiger partial charge is 0.407 e. The molecule has 3 aliphatic rings. The molecule has 0 aromatic heterocycles. The summed E-state index contributed by atoms with van der Waals surface area (Å²) in [7, 11) is 0. The van der Waals surface area contributed by atoms with Crippen molar-refractivity contribution in [2.75, 3.05) is 25.6 Å². The Morgan fingerprint density at radius 3 is 2.68 bits per heavy atom. The molecule has 0 bridgehead atoms. The molecule has 0 aliphatic carbocycles. The number of carbonyl (C=O) groups is 2. The number of carbonyl (C=O) groups excluding carboxylic acids is 2. The van der Waals surface area contributed by atoms with Crippen LogP contribution in [0.4, 0.5) is 4.79 Å². The molecule has 0 spiro atoms. The largest absolute Gasteiger partial charge is 0.443 e. The van der Waals surface area contributed by atoms with Gasteiger partial charge in [0.1, 0.15) is 12.1 Å². The zero-order chi connectivity index (χ0) is 29.0. The zero-order valence-corrected chi connectivity index (χ0v) is 24.8. The van der Waals surface area contributed by atoms with Gasteiger partial charge in [0.05, 0.1) is 31.3 Å². The Hall–Kier alpha value is -2.63. The summed E-state index contributed by atoms with van der Waals surface area (Å²) < 4.78 is 16.5. The summed E-state index contributed by atoms with van der Waals surface area (Å²) in [6.45, 7) is 7.71. The number of aryl methyl sites for hydroxylation is 1. The molecule has 0 radical (unpaired) electrons. The monoisotopic (exact) mass is 583 g/mol. The molecule has 41 heavy (non-hydrogen) atoms. The van der Waals surface area contributed by atoms with Gasteiger partial charge < -0.3 is 30.0 Å². The summed E-state index contributed by atoms with van der Waals surface area (Å²) in [6.07, 6.45) is -1.02. The molecule has 2 aromatic carbocycles. The Morgan fingerprint density at radius 2 is 1.90 bits per heavy atom. The van der Waals surface area contributed by atoms with Crippen LogP contribution in [0.1, 0.15) is 37.0 Å². The maximum absolute atomic E-state index is 13.5. The van der Waals surface area contributed by atoms with Crippen LogP contribution in [0.15, 0.2) is 54.6 Å². The standard InChI is InChI=1S/C31H41N3O6S/c1-20-9-7-8-12-22(20)16-32-28(36)27-31(2,3)41-19-34(27)17-25(35)24(15-21-10-5-4-6-11-21)33-30(37)40-26-18-39-29-23(26)13-14-38-29/h4-12,23-27,29,35H,13-19H2,1-3H3,(H,32,36)(H,33,37)/t23-,24-,25+,26-,27+,29+/m0/s1. The molecule has 6 atom stereocenters. The third-order valence-corrected chi connectivity index (χ3v) is 9.75. The molecule has 2 amide bonds. The predicted octanol–water partition coefficient (Wildman–Crippen LogP) is 3.22. The molecule has 9 nitrogen and oxygen atoms in total. The summed E-state index contributed by atoms with van der Waals surface area (Å²) in [4.78, 5) is 28.5. The number of β-amino-alcohol motifs (C(OH)–C–C–N with tert-alkyl or cyclic N) is 1. The summed E-state index contributed by atoms with van der Waals surface area (Å²) in [5.41, 5.74) is 3.18. The second-order valence-electron chi connectivity index (χ2n) is 11.7. The molecule has 3 aliphatic heterocycles. The average molecular weight is 584 g/mol. The molecule has 3 fully saturated rings. The van der Waals surface area contributed by atoms with Crippen molar-refractivity contribution in [3.63, 3.8) is 0 Å². The Kier molecular flexibility index (Phi) is 9.56. The lowest BCUT2D eigenvalue weighted by Gasteiger charge is -2.33. The van der Waals surface area contributed by atoms with Crippen molar-refractivity contribution in [1.82, 2.24) is 15.5 Å². The van der Waals surface area contributed by atoms with Crippen LogP contribution in [0.25, 0.3) is 0 Å². The molecule has 10 heteroatoms. The number of hydrogen-bond donors (Lipinski definition) is 3. The van der Waals surface area contributed by atoms with Gasteiger partial charge in [-0.15, -0.1) is 11.8 Å². The lowest BCUT2D eigenvalue weighted by Crippen LogP contribution is -2.56. The molecule has 0 saturated carbocycles. The molecule has 0 unspecified atom stereocenters. The van der Waals surface area contributed by atoms with Gasteiger partial charge >= 0.3 is 6.09 Å². The van der Waals surface area contributed by atoms with Gasteiger partial charge in [-0.25, -0.2) is 4.79 Å². The van der Waals surface area contributed by atoms with Gasteiger partial charge in [0.15, 0.2) is 6.29 Å². The molecule has 2 aromatic rings. The van der Waals surface area contributed by atoms with Crippen LogP contribution in [0.5, 0.6) is 0 Å². The highest BCUT2D eigenvalue weighted by Gasteiger charge is 2.47. The van der Waals surface area contributed by atoms with E-state index in [2.05, 4.69) is 24.5 Å². The number of nitrogens with zero attached hydrogens (tertiary/aromatic N) is 1. The van der Waals surface area contributed by atoms with E-state index in [4.69, 9.17) is 14.2 Å². The number of nitrogens with one attached hydrogen (secondary N) is 2. The minimum absolute atomic E-state index is 0.0287. The SMILES string of the molecule is Cc1ccccc1CNC(=O)[C@H]1N(C[C@@H](O)[C@H](Cc2ccccc2)NC(=O)O[C@H]2CO[C@H]3OCC[C@H]32)CSC1(C)C. The highest BCUT2D eigenvalue weighted by Crippen LogP contribution is 2.39. The van der Waals surface area contributed by atoms with Gasteiger partial charge in [-0.3, -0.25) is 9.69 Å². The van der Waals surface area contributed by atoms with Gasteiger partial charge in [0.2, 0.25) is 5.91 Å². The summed E-state index contributed by atoms with van der Waals surface area (Å²) in [5.74, 6) is 0.551. The van der Waals surface area contributed by atoms with Crippen molar-refractivity contribution in [3.05, 3.63) is 71.3 Å². The number of ether oxygens (including phenoxy) is 3. The van der Waals surface area contributed by atoms with Crippen molar-refractivity contribution >= 4 is 23.8 Å². The van der Waals surface area contributed by atoms with E-state index in [-0.39, 0.29) is 35.5 Å². The van der Waals surface area contributed by atoms with E-state index in [0.29, 0.717) is 32.1 Å². The van der Waals surface area contributed by atoms with E-state index in [1.54, 1.807) is 11.8 Å². The number of benzene rings is 2. The van der Waals surface area contributed by atoms with E-state index in [9.17, 15) is 14.7 Å². The first-order valence-electron chi connectivity index (χ1n) is 14.3. The fraction of sp³-hybridized carbons (Fsp3) is 0.548. The predicted molar refractivity (Wildman–Crippen MR) is 157 cm³/mol. The first kappa shape index (κ1) is 29.8. The number of rotatable bonds is 10. The third kappa shape index (κ3) is 7.24. The average Bonchev–Trinajstić information content (AvgIpc) is 3.64.